The molecule has 122 valence electrons. The maximum absolute atomic E-state index is 12.6. The van der Waals surface area contributed by atoms with Crippen molar-refractivity contribution in [2.24, 2.45) is 0 Å². The zero-order valence-corrected chi connectivity index (χ0v) is 13.8. The summed E-state index contributed by atoms with van der Waals surface area (Å²) in [5, 5.41) is 8.23. The Labute approximate surface area is 142 Å². The van der Waals surface area contributed by atoms with E-state index in [1.165, 1.54) is 17.3 Å². The second-order valence-corrected chi connectivity index (χ2v) is 6.51. The first-order chi connectivity index (χ1) is 11.7. The van der Waals surface area contributed by atoms with Crippen LogP contribution in [0.4, 0.5) is 5.69 Å². The van der Waals surface area contributed by atoms with Crippen molar-refractivity contribution in [3.8, 4) is 11.7 Å². The Bertz CT molecular complexity index is 860. The maximum Gasteiger partial charge on any atom is 0.284 e. The fraction of sp³-hybridized carbons (Fsp3) is 0.235. The van der Waals surface area contributed by atoms with Crippen LogP contribution in [0.25, 0.3) is 11.7 Å². The maximum atomic E-state index is 12.6. The quantitative estimate of drug-likeness (QED) is 0.677. The van der Waals surface area contributed by atoms with Crippen molar-refractivity contribution in [2.75, 3.05) is 10.7 Å². The summed E-state index contributed by atoms with van der Waals surface area (Å²) in [6.07, 6.45) is 2.43. The normalized spacial score (nSPS) is 16.4. The van der Waals surface area contributed by atoms with E-state index >= 15 is 0 Å². The van der Waals surface area contributed by atoms with Gasteiger partial charge < -0.3 is 13.7 Å². The Kier molecular flexibility index (Phi) is 3.86. The van der Waals surface area contributed by atoms with Gasteiger partial charge in [-0.2, -0.15) is 0 Å². The summed E-state index contributed by atoms with van der Waals surface area (Å²) < 4.78 is 10.7. The topological polar surface area (TPSA) is 72.4 Å². The van der Waals surface area contributed by atoms with Crippen LogP contribution in [0.2, 0.25) is 0 Å². The summed E-state index contributed by atoms with van der Waals surface area (Å²) in [4.78, 5) is 14.5. The molecule has 1 aliphatic rings. The van der Waals surface area contributed by atoms with Crippen molar-refractivity contribution in [1.29, 1.82) is 0 Å². The zero-order valence-electron chi connectivity index (χ0n) is 13.0. The average Bonchev–Trinajstić information content (AvgIpc) is 3.31. The molecular formula is C17H15N3O3S. The van der Waals surface area contributed by atoms with Crippen LogP contribution in [0.1, 0.15) is 12.5 Å². The van der Waals surface area contributed by atoms with Gasteiger partial charge in [-0.1, -0.05) is 30.0 Å². The van der Waals surface area contributed by atoms with E-state index in [0.717, 1.165) is 12.1 Å². The molecule has 3 aromatic rings. The van der Waals surface area contributed by atoms with Gasteiger partial charge in [-0.05, 0) is 37.1 Å². The lowest BCUT2D eigenvalue weighted by atomic mass is 10.1. The predicted molar refractivity (Wildman–Crippen MR) is 89.8 cm³/mol. The van der Waals surface area contributed by atoms with Gasteiger partial charge in [0, 0.05) is 11.7 Å². The number of rotatable bonds is 4. The molecule has 0 fully saturated rings. The van der Waals surface area contributed by atoms with E-state index in [4.69, 9.17) is 8.83 Å². The number of fused-ring (bicyclic) bond motifs is 1. The third-order valence-electron chi connectivity index (χ3n) is 3.93. The first kappa shape index (κ1) is 15.0. The highest BCUT2D eigenvalue weighted by atomic mass is 32.2. The Morgan fingerprint density at radius 1 is 1.29 bits per heavy atom. The molecule has 7 heteroatoms. The lowest BCUT2D eigenvalue weighted by molar-refractivity contribution is -0.116. The van der Waals surface area contributed by atoms with Gasteiger partial charge in [0.2, 0.25) is 5.91 Å². The highest BCUT2D eigenvalue weighted by Crippen LogP contribution is 2.33. The van der Waals surface area contributed by atoms with Crippen molar-refractivity contribution < 1.29 is 13.6 Å². The summed E-state index contributed by atoms with van der Waals surface area (Å²) in [6, 6.07) is 11.7. The fourth-order valence-electron chi connectivity index (χ4n) is 2.91. The minimum absolute atomic E-state index is 0.0372. The molecule has 6 nitrogen and oxygen atoms in total. The molecular weight excluding hydrogens is 326 g/mol. The van der Waals surface area contributed by atoms with Crippen LogP contribution in [-0.4, -0.2) is 27.9 Å². The van der Waals surface area contributed by atoms with Crippen LogP contribution >= 0.6 is 11.8 Å². The number of amides is 1. The van der Waals surface area contributed by atoms with Gasteiger partial charge >= 0.3 is 0 Å². The molecule has 0 saturated heterocycles. The Morgan fingerprint density at radius 3 is 3.00 bits per heavy atom. The second kappa shape index (κ2) is 6.16. The molecule has 2 aromatic heterocycles. The number of hydrogen-bond acceptors (Lipinski definition) is 6. The van der Waals surface area contributed by atoms with E-state index in [0.29, 0.717) is 16.9 Å². The highest BCUT2D eigenvalue weighted by molar-refractivity contribution is 7.99. The molecule has 1 amide bonds. The molecule has 0 bridgehead atoms. The number of furan rings is 1. The smallest absolute Gasteiger partial charge is 0.284 e. The number of carbonyl (C=O) groups excluding carboxylic acids is 1. The first-order valence-corrected chi connectivity index (χ1v) is 8.61. The van der Waals surface area contributed by atoms with Crippen molar-refractivity contribution in [3.05, 3.63) is 48.2 Å². The van der Waals surface area contributed by atoms with Crippen LogP contribution in [0, 0.1) is 0 Å². The van der Waals surface area contributed by atoms with Crippen LogP contribution in [-0.2, 0) is 11.2 Å². The third-order valence-corrected chi connectivity index (χ3v) is 4.74. The highest BCUT2D eigenvalue weighted by Gasteiger charge is 2.30. The number of carbonyl (C=O) groups is 1. The number of nitrogens with zero attached hydrogens (tertiary/aromatic N) is 3. The molecule has 4 rings (SSSR count). The summed E-state index contributed by atoms with van der Waals surface area (Å²) in [5.74, 6) is 1.12. The van der Waals surface area contributed by atoms with E-state index < -0.39 is 0 Å². The minimum atomic E-state index is 0.0372. The van der Waals surface area contributed by atoms with E-state index in [1.54, 1.807) is 18.4 Å². The lowest BCUT2D eigenvalue weighted by Crippen LogP contribution is -2.36. The number of hydrogen-bond donors (Lipinski definition) is 0. The molecule has 3 heterocycles. The van der Waals surface area contributed by atoms with Crippen LogP contribution in [0.3, 0.4) is 0 Å². The second-order valence-electron chi connectivity index (χ2n) is 5.58. The summed E-state index contributed by atoms with van der Waals surface area (Å²) in [6.45, 7) is 2.06. The van der Waals surface area contributed by atoms with Crippen molar-refractivity contribution >= 4 is 23.4 Å². The summed E-state index contributed by atoms with van der Waals surface area (Å²) in [7, 11) is 0. The average molecular weight is 341 g/mol. The molecule has 24 heavy (non-hydrogen) atoms. The van der Waals surface area contributed by atoms with Gasteiger partial charge in [0.05, 0.1) is 12.0 Å². The molecule has 1 aromatic carbocycles. The SMILES string of the molecule is C[C@H]1Cc2ccccc2N1C(=O)CSc1nnc(-c2ccco2)o1. The number of benzene rings is 1. The van der Waals surface area contributed by atoms with Crippen LogP contribution in [0.5, 0.6) is 0 Å². The van der Waals surface area contributed by atoms with Gasteiger partial charge in [-0.15, -0.1) is 10.2 Å². The van der Waals surface area contributed by atoms with Gasteiger partial charge in [-0.25, -0.2) is 0 Å². The molecule has 0 N–H and O–H groups in total. The monoisotopic (exact) mass is 341 g/mol. The third kappa shape index (κ3) is 2.71. The van der Waals surface area contributed by atoms with Crippen molar-refractivity contribution in [2.45, 2.75) is 24.6 Å². The standard InChI is InChI=1S/C17H15N3O3S/c1-11-9-12-5-2-3-6-13(12)20(11)15(21)10-24-17-19-18-16(23-17)14-7-4-8-22-14/h2-8,11H,9-10H2,1H3/t11-/m0/s1. The Hall–Kier alpha value is -2.54. The van der Waals surface area contributed by atoms with Gasteiger partial charge in [0.25, 0.3) is 11.1 Å². The molecule has 0 aliphatic carbocycles. The molecule has 0 spiro atoms. The molecule has 1 atom stereocenters. The van der Waals surface area contributed by atoms with E-state index in [9.17, 15) is 4.79 Å². The zero-order chi connectivity index (χ0) is 16.5. The van der Waals surface area contributed by atoms with Crippen molar-refractivity contribution in [1.82, 2.24) is 10.2 Å². The molecule has 1 aliphatic heterocycles. The predicted octanol–water partition coefficient (Wildman–Crippen LogP) is 3.40. The van der Waals surface area contributed by atoms with Gasteiger partial charge in [-0.3, -0.25) is 4.79 Å². The molecule has 0 unspecified atom stereocenters. The van der Waals surface area contributed by atoms with Gasteiger partial charge in [0.1, 0.15) is 0 Å². The summed E-state index contributed by atoms with van der Waals surface area (Å²) in [5.41, 5.74) is 2.21. The summed E-state index contributed by atoms with van der Waals surface area (Å²) >= 11 is 1.24. The molecule has 0 radical (unpaired) electrons. The van der Waals surface area contributed by atoms with Crippen molar-refractivity contribution in [3.63, 3.8) is 0 Å². The van der Waals surface area contributed by atoms with Crippen LogP contribution in [0.15, 0.2) is 56.7 Å². The largest absolute Gasteiger partial charge is 0.459 e. The number of anilines is 1. The lowest BCUT2D eigenvalue weighted by Gasteiger charge is -2.22. The fourth-order valence-corrected chi connectivity index (χ4v) is 3.53. The Balaban J connectivity index is 1.44. The molecule has 0 saturated carbocycles. The van der Waals surface area contributed by atoms with Crippen LogP contribution < -0.4 is 4.90 Å². The van der Waals surface area contributed by atoms with Gasteiger partial charge in [0.15, 0.2) is 5.76 Å². The number of aromatic nitrogens is 2. The van der Waals surface area contributed by atoms with E-state index in [2.05, 4.69) is 23.2 Å². The van der Waals surface area contributed by atoms with E-state index in [1.807, 2.05) is 23.1 Å². The Morgan fingerprint density at radius 2 is 2.17 bits per heavy atom. The minimum Gasteiger partial charge on any atom is -0.459 e. The first-order valence-electron chi connectivity index (χ1n) is 7.62. The van der Waals surface area contributed by atoms with E-state index in [-0.39, 0.29) is 17.7 Å². The number of para-hydroxylation sites is 1. The number of thioether (sulfide) groups is 1.